The SMILES string of the molecule is CNC/C=C\CCCO. The van der Waals surface area contributed by atoms with Crippen molar-refractivity contribution >= 4 is 0 Å². The van der Waals surface area contributed by atoms with Crippen LogP contribution in [0.5, 0.6) is 0 Å². The van der Waals surface area contributed by atoms with E-state index in [9.17, 15) is 0 Å². The first-order valence-electron chi connectivity index (χ1n) is 3.32. The van der Waals surface area contributed by atoms with E-state index in [4.69, 9.17) is 5.11 Å². The lowest BCUT2D eigenvalue weighted by atomic mass is 10.3. The van der Waals surface area contributed by atoms with Crippen molar-refractivity contribution in [3.8, 4) is 0 Å². The average Bonchev–Trinajstić information content (AvgIpc) is 1.89. The molecule has 0 radical (unpaired) electrons. The van der Waals surface area contributed by atoms with E-state index in [0.29, 0.717) is 6.61 Å². The molecule has 0 aromatic carbocycles. The molecule has 0 aromatic rings. The number of likely N-dealkylation sites (N-methyl/N-ethyl adjacent to an activating group) is 1. The molecule has 9 heavy (non-hydrogen) atoms. The Bertz CT molecular complexity index is 71.3. The van der Waals surface area contributed by atoms with Gasteiger partial charge in [-0.25, -0.2) is 0 Å². The standard InChI is InChI=1S/C7H15NO/c1-8-6-4-2-3-5-7-9/h2,4,8-9H,3,5-7H2,1H3/b4-2-. The summed E-state index contributed by atoms with van der Waals surface area (Å²) in [4.78, 5) is 0. The van der Waals surface area contributed by atoms with Gasteiger partial charge in [0.1, 0.15) is 0 Å². The Labute approximate surface area is 56.6 Å². The second kappa shape index (κ2) is 7.66. The Morgan fingerprint density at radius 3 is 2.78 bits per heavy atom. The second-order valence-electron chi connectivity index (χ2n) is 1.89. The summed E-state index contributed by atoms with van der Waals surface area (Å²) in [5.74, 6) is 0. The summed E-state index contributed by atoms with van der Waals surface area (Å²) in [5, 5.41) is 11.4. The van der Waals surface area contributed by atoms with Crippen LogP contribution in [0.15, 0.2) is 12.2 Å². The maximum Gasteiger partial charge on any atom is 0.0433 e. The maximum absolute atomic E-state index is 8.37. The summed E-state index contributed by atoms with van der Waals surface area (Å²) >= 11 is 0. The molecule has 0 fully saturated rings. The number of unbranched alkanes of at least 4 members (excludes halogenated alkanes) is 1. The first-order chi connectivity index (χ1) is 4.41. The maximum atomic E-state index is 8.37. The molecule has 0 saturated heterocycles. The van der Waals surface area contributed by atoms with Crippen molar-refractivity contribution in [1.82, 2.24) is 5.32 Å². The number of aliphatic hydroxyl groups excluding tert-OH is 1. The molecule has 0 spiro atoms. The largest absolute Gasteiger partial charge is 0.396 e. The van der Waals surface area contributed by atoms with Crippen molar-refractivity contribution in [1.29, 1.82) is 0 Å². The molecule has 0 aliphatic heterocycles. The molecule has 0 aliphatic rings. The number of nitrogens with one attached hydrogen (secondary N) is 1. The molecule has 0 heterocycles. The molecule has 2 heteroatoms. The van der Waals surface area contributed by atoms with Crippen molar-refractivity contribution < 1.29 is 5.11 Å². The van der Waals surface area contributed by atoms with Crippen molar-refractivity contribution in [2.45, 2.75) is 12.8 Å². The third kappa shape index (κ3) is 7.66. The van der Waals surface area contributed by atoms with Crippen molar-refractivity contribution in [3.63, 3.8) is 0 Å². The van der Waals surface area contributed by atoms with Crippen LogP contribution in [0.25, 0.3) is 0 Å². The molecule has 2 nitrogen and oxygen atoms in total. The van der Waals surface area contributed by atoms with Gasteiger partial charge in [-0.1, -0.05) is 12.2 Å². The molecule has 54 valence electrons. The molecule has 0 rings (SSSR count). The molecule has 0 aliphatic carbocycles. The van der Waals surface area contributed by atoms with Gasteiger partial charge in [0.25, 0.3) is 0 Å². The topological polar surface area (TPSA) is 32.3 Å². The number of allylic oxidation sites excluding steroid dienone is 1. The van der Waals surface area contributed by atoms with Crippen molar-refractivity contribution in [2.75, 3.05) is 20.2 Å². The van der Waals surface area contributed by atoms with Gasteiger partial charge in [0.2, 0.25) is 0 Å². The molecule has 0 bridgehead atoms. The zero-order valence-electron chi connectivity index (χ0n) is 5.93. The van der Waals surface area contributed by atoms with Gasteiger partial charge in [0.05, 0.1) is 0 Å². The van der Waals surface area contributed by atoms with Gasteiger partial charge in [-0.2, -0.15) is 0 Å². The zero-order chi connectivity index (χ0) is 6.95. The van der Waals surface area contributed by atoms with E-state index in [1.54, 1.807) is 0 Å². The quantitative estimate of drug-likeness (QED) is 0.419. The van der Waals surface area contributed by atoms with Crippen LogP contribution in [0.1, 0.15) is 12.8 Å². The van der Waals surface area contributed by atoms with Gasteiger partial charge in [0, 0.05) is 13.2 Å². The van der Waals surface area contributed by atoms with Crippen LogP contribution in [0.3, 0.4) is 0 Å². The summed E-state index contributed by atoms with van der Waals surface area (Å²) in [6.45, 7) is 1.22. The fourth-order valence-electron chi connectivity index (χ4n) is 0.528. The van der Waals surface area contributed by atoms with E-state index >= 15 is 0 Å². The van der Waals surface area contributed by atoms with Crippen LogP contribution in [0.4, 0.5) is 0 Å². The predicted octanol–water partition coefficient (Wildman–Crippen LogP) is 0.534. The highest BCUT2D eigenvalue weighted by Crippen LogP contribution is 1.87. The van der Waals surface area contributed by atoms with E-state index in [1.807, 2.05) is 7.05 Å². The van der Waals surface area contributed by atoms with E-state index < -0.39 is 0 Å². The zero-order valence-corrected chi connectivity index (χ0v) is 5.93. The summed E-state index contributed by atoms with van der Waals surface area (Å²) in [6, 6.07) is 0. The molecule has 0 aromatic heterocycles. The first kappa shape index (κ1) is 8.66. The molecule has 0 saturated carbocycles. The molecular weight excluding hydrogens is 114 g/mol. The van der Waals surface area contributed by atoms with Crippen molar-refractivity contribution in [3.05, 3.63) is 12.2 Å². The Kier molecular flexibility index (Phi) is 7.37. The smallest absolute Gasteiger partial charge is 0.0433 e. The number of rotatable bonds is 5. The lowest BCUT2D eigenvalue weighted by molar-refractivity contribution is 0.289. The van der Waals surface area contributed by atoms with Crippen molar-refractivity contribution in [2.24, 2.45) is 0 Å². The van der Waals surface area contributed by atoms with Crippen LogP contribution in [0, 0.1) is 0 Å². The van der Waals surface area contributed by atoms with Gasteiger partial charge in [0.15, 0.2) is 0 Å². The Morgan fingerprint density at radius 2 is 2.22 bits per heavy atom. The molecular formula is C7H15NO. The molecule has 0 unspecified atom stereocenters. The lowest BCUT2D eigenvalue weighted by Crippen LogP contribution is -2.03. The van der Waals surface area contributed by atoms with Crippen LogP contribution in [-0.2, 0) is 0 Å². The monoisotopic (exact) mass is 129 g/mol. The summed E-state index contributed by atoms with van der Waals surface area (Å²) in [6.07, 6.45) is 6.00. The number of hydrogen-bond acceptors (Lipinski definition) is 2. The van der Waals surface area contributed by atoms with E-state index in [1.165, 1.54) is 0 Å². The third-order valence-electron chi connectivity index (χ3n) is 1.02. The summed E-state index contributed by atoms with van der Waals surface area (Å²) in [5.41, 5.74) is 0. The van der Waals surface area contributed by atoms with Crippen LogP contribution < -0.4 is 5.32 Å². The van der Waals surface area contributed by atoms with Gasteiger partial charge >= 0.3 is 0 Å². The normalized spacial score (nSPS) is 10.9. The van der Waals surface area contributed by atoms with E-state index in [0.717, 1.165) is 19.4 Å². The van der Waals surface area contributed by atoms with E-state index in [2.05, 4.69) is 17.5 Å². The fourth-order valence-corrected chi connectivity index (χ4v) is 0.528. The summed E-state index contributed by atoms with van der Waals surface area (Å²) < 4.78 is 0. The highest BCUT2D eigenvalue weighted by Gasteiger charge is 1.76. The fraction of sp³-hybridized carbons (Fsp3) is 0.714. The third-order valence-corrected chi connectivity index (χ3v) is 1.02. The average molecular weight is 129 g/mol. The first-order valence-corrected chi connectivity index (χ1v) is 3.32. The van der Waals surface area contributed by atoms with Crippen LogP contribution >= 0.6 is 0 Å². The predicted molar refractivity (Wildman–Crippen MR) is 39.4 cm³/mol. The highest BCUT2D eigenvalue weighted by molar-refractivity contribution is 4.82. The van der Waals surface area contributed by atoms with Crippen LogP contribution in [0.2, 0.25) is 0 Å². The molecule has 0 amide bonds. The molecule has 0 atom stereocenters. The van der Waals surface area contributed by atoms with Gasteiger partial charge in [-0.15, -0.1) is 0 Å². The Hall–Kier alpha value is -0.340. The Morgan fingerprint density at radius 1 is 1.44 bits per heavy atom. The second-order valence-corrected chi connectivity index (χ2v) is 1.89. The summed E-state index contributed by atoms with van der Waals surface area (Å²) in [7, 11) is 1.91. The van der Waals surface area contributed by atoms with Gasteiger partial charge in [-0.05, 0) is 19.9 Å². The molecule has 2 N–H and O–H groups in total. The number of hydrogen-bond donors (Lipinski definition) is 2. The minimum atomic E-state index is 0.296. The highest BCUT2D eigenvalue weighted by atomic mass is 16.2. The number of aliphatic hydroxyl groups is 1. The Balaban J connectivity index is 2.86. The lowest BCUT2D eigenvalue weighted by Gasteiger charge is -1.88. The minimum Gasteiger partial charge on any atom is -0.396 e. The van der Waals surface area contributed by atoms with Crippen LogP contribution in [-0.4, -0.2) is 25.3 Å². The van der Waals surface area contributed by atoms with Gasteiger partial charge < -0.3 is 10.4 Å². The van der Waals surface area contributed by atoms with E-state index in [-0.39, 0.29) is 0 Å². The van der Waals surface area contributed by atoms with Gasteiger partial charge in [-0.3, -0.25) is 0 Å². The minimum absolute atomic E-state index is 0.296.